The lowest BCUT2D eigenvalue weighted by molar-refractivity contribution is -0.149. The molecule has 0 spiro atoms. The highest BCUT2D eigenvalue weighted by Gasteiger charge is 2.23. The molecule has 0 heterocycles. The van der Waals surface area contributed by atoms with Gasteiger partial charge in [0, 0.05) is 0 Å². The first-order chi connectivity index (χ1) is 12.4. The van der Waals surface area contributed by atoms with Gasteiger partial charge in [-0.15, -0.1) is 0 Å². The van der Waals surface area contributed by atoms with Crippen LogP contribution in [0.2, 0.25) is 0 Å². The molecular formula is C21H24FNO3. The maximum Gasteiger partial charge on any atom is 0.328 e. The fraction of sp³-hybridized carbons (Fsp3) is 0.333. The van der Waals surface area contributed by atoms with Crippen LogP contribution in [0.1, 0.15) is 31.4 Å². The molecule has 2 rings (SSSR count). The third-order valence-electron chi connectivity index (χ3n) is 3.80. The Balaban J connectivity index is 1.94. The molecule has 0 aliphatic carbocycles. The fourth-order valence-corrected chi connectivity index (χ4v) is 2.59. The minimum Gasteiger partial charge on any atom is -0.459 e. The van der Waals surface area contributed by atoms with Gasteiger partial charge in [0.15, 0.2) is 0 Å². The Morgan fingerprint density at radius 2 is 1.73 bits per heavy atom. The van der Waals surface area contributed by atoms with E-state index in [2.05, 4.69) is 5.32 Å². The molecule has 2 aromatic carbocycles. The molecule has 0 fully saturated rings. The summed E-state index contributed by atoms with van der Waals surface area (Å²) in [5, 5.41) is 2.72. The molecule has 5 heteroatoms. The maximum atomic E-state index is 13.2. The number of rotatable bonds is 8. The minimum atomic E-state index is -0.722. The van der Waals surface area contributed by atoms with Crippen LogP contribution in [-0.4, -0.2) is 17.9 Å². The van der Waals surface area contributed by atoms with E-state index in [9.17, 15) is 14.0 Å². The van der Waals surface area contributed by atoms with E-state index in [1.165, 1.54) is 12.1 Å². The molecule has 0 aliphatic rings. The Labute approximate surface area is 153 Å². The molecule has 0 radical (unpaired) electrons. The zero-order chi connectivity index (χ0) is 18.9. The Morgan fingerprint density at radius 1 is 1.04 bits per heavy atom. The molecule has 0 unspecified atom stereocenters. The van der Waals surface area contributed by atoms with Gasteiger partial charge >= 0.3 is 5.97 Å². The van der Waals surface area contributed by atoms with Crippen molar-refractivity contribution < 1.29 is 18.7 Å². The van der Waals surface area contributed by atoms with Crippen LogP contribution in [0.3, 0.4) is 0 Å². The monoisotopic (exact) mass is 357 g/mol. The van der Waals surface area contributed by atoms with Gasteiger partial charge < -0.3 is 10.1 Å². The number of hydrogen-bond donors (Lipinski definition) is 1. The molecule has 0 aromatic heterocycles. The van der Waals surface area contributed by atoms with Gasteiger partial charge in [-0.3, -0.25) is 4.79 Å². The molecule has 4 nitrogen and oxygen atoms in total. The van der Waals surface area contributed by atoms with Gasteiger partial charge in [-0.05, 0) is 35.6 Å². The zero-order valence-corrected chi connectivity index (χ0v) is 15.1. The summed E-state index contributed by atoms with van der Waals surface area (Å²) >= 11 is 0. The van der Waals surface area contributed by atoms with Crippen molar-refractivity contribution in [3.63, 3.8) is 0 Å². The van der Waals surface area contributed by atoms with Crippen LogP contribution < -0.4 is 5.32 Å². The second-order valence-corrected chi connectivity index (χ2v) is 6.65. The fourth-order valence-electron chi connectivity index (χ4n) is 2.59. The topological polar surface area (TPSA) is 55.4 Å². The molecule has 1 amide bonds. The van der Waals surface area contributed by atoms with E-state index in [1.807, 2.05) is 44.2 Å². The van der Waals surface area contributed by atoms with E-state index in [-0.39, 0.29) is 24.9 Å². The largest absolute Gasteiger partial charge is 0.459 e. The van der Waals surface area contributed by atoms with E-state index < -0.39 is 17.8 Å². The number of carbonyl (C=O) groups excluding carboxylic acids is 2. The van der Waals surface area contributed by atoms with Gasteiger partial charge in [0.05, 0.1) is 6.42 Å². The number of amides is 1. The van der Waals surface area contributed by atoms with E-state index in [4.69, 9.17) is 4.74 Å². The van der Waals surface area contributed by atoms with Crippen molar-refractivity contribution in [2.75, 3.05) is 0 Å². The summed E-state index contributed by atoms with van der Waals surface area (Å²) in [5.41, 5.74) is 1.44. The number of nitrogens with one attached hydrogen (secondary N) is 1. The minimum absolute atomic E-state index is 0.0122. The first kappa shape index (κ1) is 19.6. The van der Waals surface area contributed by atoms with Gasteiger partial charge in [-0.2, -0.15) is 0 Å². The van der Waals surface area contributed by atoms with Gasteiger partial charge in [0.25, 0.3) is 0 Å². The molecule has 2 aromatic rings. The third-order valence-corrected chi connectivity index (χ3v) is 3.80. The van der Waals surface area contributed by atoms with E-state index in [1.54, 1.807) is 12.1 Å². The summed E-state index contributed by atoms with van der Waals surface area (Å²) in [6.07, 6.45) is 0.487. The summed E-state index contributed by atoms with van der Waals surface area (Å²) < 4.78 is 18.6. The first-order valence-corrected chi connectivity index (χ1v) is 8.68. The lowest BCUT2D eigenvalue weighted by Crippen LogP contribution is -2.43. The molecule has 0 saturated carbocycles. The second kappa shape index (κ2) is 9.70. The van der Waals surface area contributed by atoms with Crippen molar-refractivity contribution in [3.8, 4) is 0 Å². The highest BCUT2D eigenvalue weighted by molar-refractivity contribution is 5.85. The summed E-state index contributed by atoms with van der Waals surface area (Å²) in [6, 6.07) is 14.5. The Kier molecular flexibility index (Phi) is 7.33. The van der Waals surface area contributed by atoms with Gasteiger partial charge in [-0.1, -0.05) is 56.3 Å². The van der Waals surface area contributed by atoms with Crippen LogP contribution >= 0.6 is 0 Å². The lowest BCUT2D eigenvalue weighted by Gasteiger charge is -2.19. The van der Waals surface area contributed by atoms with Crippen LogP contribution in [-0.2, 0) is 27.4 Å². The highest BCUT2D eigenvalue weighted by Crippen LogP contribution is 2.10. The molecule has 0 aliphatic heterocycles. The SMILES string of the molecule is CC(C)C[C@H](NC(=O)Cc1cccc(F)c1)C(=O)OCc1ccccc1. The van der Waals surface area contributed by atoms with Crippen LogP contribution in [0.5, 0.6) is 0 Å². The Hall–Kier alpha value is -2.69. The Bertz CT molecular complexity index is 731. The molecule has 0 bridgehead atoms. The molecule has 0 saturated heterocycles. The van der Waals surface area contributed by atoms with Crippen molar-refractivity contribution in [2.45, 2.75) is 39.3 Å². The van der Waals surface area contributed by atoms with E-state index >= 15 is 0 Å². The number of benzene rings is 2. The van der Waals surface area contributed by atoms with E-state index in [0.29, 0.717) is 12.0 Å². The normalized spacial score (nSPS) is 11.8. The predicted octanol–water partition coefficient (Wildman–Crippen LogP) is 3.64. The van der Waals surface area contributed by atoms with Crippen molar-refractivity contribution in [3.05, 3.63) is 71.5 Å². The molecule has 1 atom stereocenters. The summed E-state index contributed by atoms with van der Waals surface area (Å²) in [7, 11) is 0. The zero-order valence-electron chi connectivity index (χ0n) is 15.1. The predicted molar refractivity (Wildman–Crippen MR) is 97.7 cm³/mol. The van der Waals surface area contributed by atoms with E-state index in [0.717, 1.165) is 5.56 Å². The second-order valence-electron chi connectivity index (χ2n) is 6.65. The van der Waals surface area contributed by atoms with Gasteiger partial charge in [0.2, 0.25) is 5.91 Å². The number of ether oxygens (including phenoxy) is 1. The summed E-state index contributed by atoms with van der Waals surface area (Å²) in [4.78, 5) is 24.7. The van der Waals surface area contributed by atoms with Crippen molar-refractivity contribution in [2.24, 2.45) is 5.92 Å². The standard InChI is InChI=1S/C21H24FNO3/c1-15(2)11-19(21(25)26-14-16-7-4-3-5-8-16)23-20(24)13-17-9-6-10-18(22)12-17/h3-10,12,15,19H,11,13-14H2,1-2H3,(H,23,24)/t19-/m0/s1. The lowest BCUT2D eigenvalue weighted by atomic mass is 10.0. The molecular weight excluding hydrogens is 333 g/mol. The molecule has 1 N–H and O–H groups in total. The molecule has 138 valence electrons. The van der Waals surface area contributed by atoms with Crippen LogP contribution in [0.25, 0.3) is 0 Å². The highest BCUT2D eigenvalue weighted by atomic mass is 19.1. The van der Waals surface area contributed by atoms with Crippen molar-refractivity contribution in [1.29, 1.82) is 0 Å². The van der Waals surface area contributed by atoms with Gasteiger partial charge in [0.1, 0.15) is 18.5 Å². The summed E-state index contributed by atoms with van der Waals surface area (Å²) in [6.45, 7) is 4.10. The number of esters is 1. The smallest absolute Gasteiger partial charge is 0.328 e. The average molecular weight is 357 g/mol. The first-order valence-electron chi connectivity index (χ1n) is 8.68. The van der Waals surface area contributed by atoms with Crippen LogP contribution in [0, 0.1) is 11.7 Å². The number of halogens is 1. The quantitative estimate of drug-likeness (QED) is 0.734. The van der Waals surface area contributed by atoms with Crippen molar-refractivity contribution in [1.82, 2.24) is 5.32 Å². The average Bonchev–Trinajstić information content (AvgIpc) is 2.59. The maximum absolute atomic E-state index is 13.2. The van der Waals surface area contributed by atoms with Crippen molar-refractivity contribution >= 4 is 11.9 Å². The van der Waals surface area contributed by atoms with Crippen LogP contribution in [0.15, 0.2) is 54.6 Å². The molecule has 26 heavy (non-hydrogen) atoms. The number of carbonyl (C=O) groups is 2. The third kappa shape index (κ3) is 6.67. The number of hydrogen-bond acceptors (Lipinski definition) is 3. The summed E-state index contributed by atoms with van der Waals surface area (Å²) in [5.74, 6) is -0.983. The van der Waals surface area contributed by atoms with Crippen LogP contribution in [0.4, 0.5) is 4.39 Å². The Morgan fingerprint density at radius 3 is 2.38 bits per heavy atom. The van der Waals surface area contributed by atoms with Gasteiger partial charge in [-0.25, -0.2) is 9.18 Å².